The molecule has 0 saturated carbocycles. The van der Waals surface area contributed by atoms with Crippen molar-refractivity contribution >= 4 is 22.1 Å². The Morgan fingerprint density at radius 1 is 1.38 bits per heavy atom. The van der Waals surface area contributed by atoms with Crippen molar-refractivity contribution in [3.05, 3.63) is 18.3 Å². The Morgan fingerprint density at radius 2 is 2.08 bits per heavy atom. The van der Waals surface area contributed by atoms with Crippen molar-refractivity contribution in [2.45, 2.75) is 21.7 Å². The Bertz CT molecular complexity index is 280. The van der Waals surface area contributed by atoms with Gasteiger partial charge in [-0.25, -0.2) is 0 Å². The Morgan fingerprint density at radius 3 is 2.62 bits per heavy atom. The second kappa shape index (κ2) is 4.31. The summed E-state index contributed by atoms with van der Waals surface area (Å²) in [5, 5.41) is 0. The van der Waals surface area contributed by atoms with Gasteiger partial charge in [0.1, 0.15) is 0 Å². The first-order chi connectivity index (χ1) is 6.04. The van der Waals surface area contributed by atoms with Crippen molar-refractivity contribution in [3.63, 3.8) is 0 Å². The number of aromatic nitrogens is 1. The quantitative estimate of drug-likeness (QED) is 0.793. The van der Waals surface area contributed by atoms with E-state index in [0.29, 0.717) is 0 Å². The van der Waals surface area contributed by atoms with Gasteiger partial charge in [-0.05, 0) is 0 Å². The van der Waals surface area contributed by atoms with Gasteiger partial charge in [0.2, 0.25) is 0 Å². The van der Waals surface area contributed by atoms with E-state index in [2.05, 4.69) is 25.9 Å². The maximum atomic E-state index is 5.44. The number of ether oxygens (including phenoxy) is 1. The van der Waals surface area contributed by atoms with E-state index in [1.165, 1.54) is 3.71 Å². The summed E-state index contributed by atoms with van der Waals surface area (Å²) in [5.74, 6) is 0.958. The van der Waals surface area contributed by atoms with Crippen molar-refractivity contribution < 1.29 is 4.74 Å². The number of hydrogen-bond donors (Lipinski definition) is 0. The Balaban J connectivity index is 2.92. The molecule has 3 heteroatoms. The van der Waals surface area contributed by atoms with Gasteiger partial charge in [0, 0.05) is 0 Å². The average Bonchev–Trinajstić information content (AvgIpc) is 2.04. The molecule has 0 radical (unpaired) electrons. The second-order valence-electron chi connectivity index (χ2n) is 4.06. The van der Waals surface area contributed by atoms with Crippen LogP contribution in [0, 0.1) is 0 Å². The molecule has 0 amide bonds. The molecule has 1 heterocycles. The molecule has 0 saturated heterocycles. The summed E-state index contributed by atoms with van der Waals surface area (Å²) in [7, 11) is 0. The van der Waals surface area contributed by atoms with Crippen molar-refractivity contribution in [2.24, 2.45) is 0 Å². The Hall–Kier alpha value is -0.251. The molecule has 0 aromatic carbocycles. The van der Waals surface area contributed by atoms with Crippen molar-refractivity contribution in [1.82, 2.24) is 4.98 Å². The van der Waals surface area contributed by atoms with Crippen LogP contribution in [-0.2, 0) is 0 Å². The van der Waals surface area contributed by atoms with Crippen LogP contribution in [0.5, 0.6) is 5.75 Å². The third kappa shape index (κ3) is 3.18. The number of nitrogens with zero attached hydrogens (tertiary/aromatic N) is 1. The average molecular weight is 286 g/mol. The van der Waals surface area contributed by atoms with E-state index in [9.17, 15) is 0 Å². The molecule has 0 aliphatic carbocycles. The summed E-state index contributed by atoms with van der Waals surface area (Å²) in [6.07, 6.45) is 1.85. The molecule has 0 unspecified atom stereocenters. The second-order valence-corrected chi connectivity index (χ2v) is 18.4. The maximum absolute atomic E-state index is 5.44. The van der Waals surface area contributed by atoms with Crippen molar-refractivity contribution in [3.8, 4) is 5.75 Å². The molecule has 0 atom stereocenters. The van der Waals surface area contributed by atoms with Gasteiger partial charge in [-0.15, -0.1) is 0 Å². The minimum atomic E-state index is -1.99. The van der Waals surface area contributed by atoms with Gasteiger partial charge in [0.05, 0.1) is 0 Å². The molecule has 0 aliphatic rings. The number of hydrogen-bond acceptors (Lipinski definition) is 2. The summed E-state index contributed by atoms with van der Waals surface area (Å²) in [6.45, 7) is 2.73. The third-order valence-electron chi connectivity index (χ3n) is 1.81. The summed E-state index contributed by atoms with van der Waals surface area (Å²) in [5.41, 5.74) is 0. The Kier molecular flexibility index (Phi) is 3.59. The zero-order valence-electron chi connectivity index (χ0n) is 8.79. The van der Waals surface area contributed by atoms with Gasteiger partial charge in [-0.1, -0.05) is 0 Å². The van der Waals surface area contributed by atoms with E-state index in [4.69, 9.17) is 4.74 Å². The van der Waals surface area contributed by atoms with Crippen LogP contribution in [0.4, 0.5) is 0 Å². The van der Waals surface area contributed by atoms with Crippen LogP contribution >= 0.6 is 0 Å². The fourth-order valence-electron chi connectivity index (χ4n) is 1.08. The molecule has 1 aromatic heterocycles. The van der Waals surface area contributed by atoms with Gasteiger partial charge in [-0.3, -0.25) is 0 Å². The molecule has 2 nitrogen and oxygen atoms in total. The van der Waals surface area contributed by atoms with Crippen molar-refractivity contribution in [1.29, 1.82) is 0 Å². The first kappa shape index (κ1) is 10.8. The van der Waals surface area contributed by atoms with Gasteiger partial charge >= 0.3 is 84.2 Å². The summed E-state index contributed by atoms with van der Waals surface area (Å²) < 4.78 is 6.71. The van der Waals surface area contributed by atoms with E-state index >= 15 is 0 Å². The molecule has 0 fully saturated rings. The monoisotopic (exact) mass is 287 g/mol. The minimum absolute atomic E-state index is 0.725. The van der Waals surface area contributed by atoms with E-state index in [1.54, 1.807) is 0 Å². The van der Waals surface area contributed by atoms with Gasteiger partial charge in [-0.2, -0.15) is 0 Å². The van der Waals surface area contributed by atoms with E-state index in [-0.39, 0.29) is 0 Å². The topological polar surface area (TPSA) is 22.1 Å². The molecule has 1 rings (SSSR count). The fraction of sp³-hybridized carbons (Fsp3) is 0.500. The molecule has 0 aliphatic heterocycles. The molecule has 0 N–H and O–H groups in total. The van der Waals surface area contributed by atoms with Gasteiger partial charge < -0.3 is 0 Å². The summed E-state index contributed by atoms with van der Waals surface area (Å²) in [6, 6.07) is 4.02. The number of rotatable bonds is 3. The zero-order valence-corrected chi connectivity index (χ0v) is 11.6. The molecule has 0 spiro atoms. The van der Waals surface area contributed by atoms with E-state index < -0.39 is 18.4 Å². The fourth-order valence-corrected chi connectivity index (χ4v) is 4.04. The summed E-state index contributed by atoms with van der Waals surface area (Å²) >= 11 is -1.99. The molecular weight excluding hydrogens is 269 g/mol. The van der Waals surface area contributed by atoms with E-state index in [1.807, 2.05) is 19.2 Å². The van der Waals surface area contributed by atoms with Crippen molar-refractivity contribution in [2.75, 3.05) is 6.61 Å². The van der Waals surface area contributed by atoms with E-state index in [0.717, 1.165) is 12.4 Å². The molecule has 13 heavy (non-hydrogen) atoms. The third-order valence-corrected chi connectivity index (χ3v) is 6.98. The van der Waals surface area contributed by atoms with Crippen LogP contribution in [0.1, 0.15) is 6.92 Å². The first-order valence-corrected chi connectivity index (χ1v) is 14.6. The normalized spacial score (nSPS) is 11.4. The van der Waals surface area contributed by atoms with Crippen LogP contribution in [-0.4, -0.2) is 30.0 Å². The SMILES string of the molecule is CCOc1ccn[c]([Sn]([CH3])([CH3])[CH3])c1. The van der Waals surface area contributed by atoms with Crippen LogP contribution in [0.15, 0.2) is 18.3 Å². The standard InChI is InChI=1S/C7H8NO.3CH3.Sn/c1-2-9-7-3-5-8-6-4-7;;;;/h3-5H,2H2,1H3;3*1H3;. The van der Waals surface area contributed by atoms with Gasteiger partial charge in [0.25, 0.3) is 0 Å². The van der Waals surface area contributed by atoms with Crippen LogP contribution in [0.25, 0.3) is 0 Å². The predicted octanol–water partition coefficient (Wildman–Crippen LogP) is 2.03. The predicted molar refractivity (Wildman–Crippen MR) is 58.4 cm³/mol. The molecule has 72 valence electrons. The molecule has 0 bridgehead atoms. The first-order valence-electron chi connectivity index (χ1n) is 4.63. The van der Waals surface area contributed by atoms with Crippen LogP contribution < -0.4 is 8.45 Å². The molecule has 1 aromatic rings. The zero-order chi connectivity index (χ0) is 9.90. The van der Waals surface area contributed by atoms with Crippen LogP contribution in [0.3, 0.4) is 0 Å². The summed E-state index contributed by atoms with van der Waals surface area (Å²) in [4.78, 5) is 11.5. The Labute approximate surface area is 84.2 Å². The number of pyridine rings is 1. The molecular formula is C10H17NOSn. The van der Waals surface area contributed by atoms with Crippen LogP contribution in [0.2, 0.25) is 14.8 Å². The van der Waals surface area contributed by atoms with Gasteiger partial charge in [0.15, 0.2) is 0 Å².